The molecule has 0 amide bonds. The van der Waals surface area contributed by atoms with Crippen LogP contribution in [0.1, 0.15) is 34.3 Å². The zero-order chi connectivity index (χ0) is 18.2. The fourth-order valence-electron chi connectivity index (χ4n) is 3.01. The molecule has 8 heteroatoms. The summed E-state index contributed by atoms with van der Waals surface area (Å²) >= 11 is 5.64. The fourth-order valence-corrected chi connectivity index (χ4v) is 4.35. The van der Waals surface area contributed by atoms with Crippen molar-refractivity contribution in [3.05, 3.63) is 57.9 Å². The minimum absolute atomic E-state index is 0.00593. The predicted molar refractivity (Wildman–Crippen MR) is 92.3 cm³/mol. The number of rotatable bonds is 4. The summed E-state index contributed by atoms with van der Waals surface area (Å²) in [5.41, 5.74) is 1.55. The molecule has 0 saturated carbocycles. The van der Waals surface area contributed by atoms with E-state index in [1.165, 1.54) is 6.07 Å². The summed E-state index contributed by atoms with van der Waals surface area (Å²) in [5.74, 6) is -1.92. The predicted octanol–water partition coefficient (Wildman–Crippen LogP) is 3.86. The first-order chi connectivity index (χ1) is 11.8. The molecule has 0 atom stereocenters. The zero-order valence-electron chi connectivity index (χ0n) is 13.1. The van der Waals surface area contributed by atoms with Gasteiger partial charge in [0.2, 0.25) is 0 Å². The Balaban J connectivity index is 2.05. The third-order valence-electron chi connectivity index (χ3n) is 4.19. The number of benzene rings is 2. The molecule has 1 aliphatic carbocycles. The quantitative estimate of drug-likeness (QED) is 0.839. The number of hydrogen-bond donors (Lipinski definition) is 2. The third kappa shape index (κ3) is 3.48. The molecule has 0 aromatic heterocycles. The Kier molecular flexibility index (Phi) is 4.71. The molecule has 0 fully saturated rings. The molecule has 0 bridgehead atoms. The van der Waals surface area contributed by atoms with Crippen molar-refractivity contribution in [2.75, 3.05) is 4.72 Å². The average molecular weight is 384 g/mol. The molecular weight excluding hydrogens is 369 g/mol. The topological polar surface area (TPSA) is 83.5 Å². The minimum Gasteiger partial charge on any atom is -0.478 e. The van der Waals surface area contributed by atoms with Gasteiger partial charge in [-0.15, -0.1) is 0 Å². The summed E-state index contributed by atoms with van der Waals surface area (Å²) in [5, 5.41) is 9.24. The molecule has 0 heterocycles. The SMILES string of the molecule is O=C(O)c1c(NS(=O)(=O)c2ccc(F)c(Cl)c2)ccc2c1CCCC2. The van der Waals surface area contributed by atoms with Gasteiger partial charge in [-0.25, -0.2) is 17.6 Å². The van der Waals surface area contributed by atoms with Gasteiger partial charge in [0, 0.05) is 0 Å². The van der Waals surface area contributed by atoms with Crippen LogP contribution >= 0.6 is 11.6 Å². The Labute approximate surface area is 149 Å². The summed E-state index contributed by atoms with van der Waals surface area (Å²) in [6.07, 6.45) is 3.20. The standard InChI is InChI=1S/C17H15ClFNO4S/c18-13-9-11(6-7-14(13)19)25(23,24)20-15-8-5-10-3-1-2-4-12(10)16(15)17(21)22/h5-9,20H,1-4H2,(H,21,22). The van der Waals surface area contributed by atoms with Crippen LogP contribution in [-0.4, -0.2) is 19.5 Å². The molecule has 1 aliphatic rings. The molecule has 0 radical (unpaired) electrons. The van der Waals surface area contributed by atoms with E-state index in [2.05, 4.69) is 4.72 Å². The largest absolute Gasteiger partial charge is 0.478 e. The van der Waals surface area contributed by atoms with Crippen molar-refractivity contribution in [1.82, 2.24) is 0 Å². The maximum Gasteiger partial charge on any atom is 0.338 e. The Bertz CT molecular complexity index is 959. The van der Waals surface area contributed by atoms with Crippen molar-refractivity contribution in [3.8, 4) is 0 Å². The van der Waals surface area contributed by atoms with E-state index < -0.39 is 21.8 Å². The Hall–Kier alpha value is -2.12. The van der Waals surface area contributed by atoms with Crippen LogP contribution < -0.4 is 4.72 Å². The van der Waals surface area contributed by atoms with Crippen molar-refractivity contribution >= 4 is 33.3 Å². The monoisotopic (exact) mass is 383 g/mol. The first-order valence-electron chi connectivity index (χ1n) is 7.65. The Morgan fingerprint density at radius 3 is 2.56 bits per heavy atom. The van der Waals surface area contributed by atoms with E-state index in [0.717, 1.165) is 43.0 Å². The first-order valence-corrected chi connectivity index (χ1v) is 9.51. The molecule has 0 aliphatic heterocycles. The highest BCUT2D eigenvalue weighted by Gasteiger charge is 2.24. The number of aryl methyl sites for hydroxylation is 1. The van der Waals surface area contributed by atoms with Gasteiger partial charge < -0.3 is 5.11 Å². The van der Waals surface area contributed by atoms with Crippen LogP contribution in [0.5, 0.6) is 0 Å². The summed E-state index contributed by atoms with van der Waals surface area (Å²) in [6, 6.07) is 6.20. The molecule has 2 aromatic carbocycles. The van der Waals surface area contributed by atoms with E-state index in [4.69, 9.17) is 11.6 Å². The number of carboxylic acid groups (broad SMARTS) is 1. The Morgan fingerprint density at radius 1 is 1.16 bits per heavy atom. The van der Waals surface area contributed by atoms with Crippen LogP contribution in [0.2, 0.25) is 5.02 Å². The lowest BCUT2D eigenvalue weighted by atomic mass is 9.87. The van der Waals surface area contributed by atoms with Crippen molar-refractivity contribution in [2.45, 2.75) is 30.6 Å². The van der Waals surface area contributed by atoms with E-state index in [0.29, 0.717) is 12.0 Å². The molecular formula is C17H15ClFNO4S. The molecule has 2 N–H and O–H groups in total. The number of fused-ring (bicyclic) bond motifs is 1. The number of hydrogen-bond acceptors (Lipinski definition) is 3. The molecule has 5 nitrogen and oxygen atoms in total. The third-order valence-corrected chi connectivity index (χ3v) is 5.85. The van der Waals surface area contributed by atoms with Gasteiger partial charge in [-0.1, -0.05) is 17.7 Å². The van der Waals surface area contributed by atoms with Crippen LogP contribution in [0, 0.1) is 5.82 Å². The zero-order valence-corrected chi connectivity index (χ0v) is 14.6. The average Bonchev–Trinajstić information content (AvgIpc) is 2.56. The maximum atomic E-state index is 13.2. The second kappa shape index (κ2) is 6.65. The number of halogens is 2. The summed E-state index contributed by atoms with van der Waals surface area (Å²) < 4.78 is 40.6. The van der Waals surface area contributed by atoms with Crippen LogP contribution in [0.15, 0.2) is 35.2 Å². The van der Waals surface area contributed by atoms with Gasteiger partial charge in [-0.05, 0) is 61.1 Å². The molecule has 25 heavy (non-hydrogen) atoms. The van der Waals surface area contributed by atoms with Crippen LogP contribution in [-0.2, 0) is 22.9 Å². The van der Waals surface area contributed by atoms with Gasteiger partial charge in [0.05, 0.1) is 21.2 Å². The van der Waals surface area contributed by atoms with Crippen molar-refractivity contribution in [2.24, 2.45) is 0 Å². The minimum atomic E-state index is -4.10. The fraction of sp³-hybridized carbons (Fsp3) is 0.235. The van der Waals surface area contributed by atoms with E-state index in [9.17, 15) is 22.7 Å². The van der Waals surface area contributed by atoms with Crippen molar-refractivity contribution in [3.63, 3.8) is 0 Å². The summed E-state index contributed by atoms with van der Waals surface area (Å²) in [7, 11) is -4.10. The van der Waals surface area contributed by atoms with E-state index >= 15 is 0 Å². The number of sulfonamides is 1. The molecule has 0 spiro atoms. The van der Waals surface area contributed by atoms with Crippen molar-refractivity contribution < 1.29 is 22.7 Å². The highest BCUT2D eigenvalue weighted by Crippen LogP contribution is 2.31. The van der Waals surface area contributed by atoms with E-state index in [1.54, 1.807) is 6.07 Å². The van der Waals surface area contributed by atoms with Crippen LogP contribution in [0.3, 0.4) is 0 Å². The number of aromatic carboxylic acids is 1. The normalized spacial score (nSPS) is 14.0. The number of anilines is 1. The molecule has 2 aromatic rings. The lowest BCUT2D eigenvalue weighted by Gasteiger charge is -2.20. The smallest absolute Gasteiger partial charge is 0.338 e. The number of carbonyl (C=O) groups is 1. The lowest BCUT2D eigenvalue weighted by Crippen LogP contribution is -2.18. The molecule has 3 rings (SSSR count). The summed E-state index contributed by atoms with van der Waals surface area (Å²) in [6.45, 7) is 0. The van der Waals surface area contributed by atoms with Gasteiger partial charge in [-0.2, -0.15) is 0 Å². The van der Waals surface area contributed by atoms with Crippen molar-refractivity contribution in [1.29, 1.82) is 0 Å². The summed E-state index contributed by atoms with van der Waals surface area (Å²) in [4.78, 5) is 11.5. The van der Waals surface area contributed by atoms with Gasteiger partial charge in [0.25, 0.3) is 10.0 Å². The maximum absolute atomic E-state index is 13.2. The van der Waals surface area contributed by atoms with Gasteiger partial charge in [0.15, 0.2) is 0 Å². The second-order valence-electron chi connectivity index (χ2n) is 5.82. The number of nitrogens with one attached hydrogen (secondary N) is 1. The van der Waals surface area contributed by atoms with Gasteiger partial charge in [0.1, 0.15) is 5.82 Å². The second-order valence-corrected chi connectivity index (χ2v) is 7.91. The molecule has 0 unspecified atom stereocenters. The Morgan fingerprint density at radius 2 is 1.88 bits per heavy atom. The van der Waals surface area contributed by atoms with Crippen LogP contribution in [0.4, 0.5) is 10.1 Å². The van der Waals surface area contributed by atoms with Crippen LogP contribution in [0.25, 0.3) is 0 Å². The highest BCUT2D eigenvalue weighted by molar-refractivity contribution is 7.92. The van der Waals surface area contributed by atoms with E-state index in [-0.39, 0.29) is 21.2 Å². The highest BCUT2D eigenvalue weighted by atomic mass is 35.5. The first kappa shape index (κ1) is 17.7. The molecule has 0 saturated heterocycles. The number of carboxylic acids is 1. The van der Waals surface area contributed by atoms with Gasteiger partial charge in [-0.3, -0.25) is 4.72 Å². The van der Waals surface area contributed by atoms with E-state index in [1.807, 2.05) is 0 Å². The van der Waals surface area contributed by atoms with Gasteiger partial charge >= 0.3 is 5.97 Å². The molecule has 132 valence electrons. The lowest BCUT2D eigenvalue weighted by molar-refractivity contribution is 0.0696.